The molecular weight excluding hydrogens is 196 g/mol. The Bertz CT molecular complexity index is 650. The molecule has 0 saturated carbocycles. The van der Waals surface area contributed by atoms with Crippen LogP contribution < -0.4 is 5.56 Å². The molecule has 0 amide bonds. The molecule has 15 heavy (non-hydrogen) atoms. The molecule has 0 aromatic carbocycles. The van der Waals surface area contributed by atoms with Crippen molar-refractivity contribution in [1.29, 1.82) is 0 Å². The molecule has 0 radical (unpaired) electrons. The standard InChI is InChI=1S/C9H6N4O2/c14-9-5-4-10-11-7(5)8(12-13-9)6-2-1-3-15-6/h1-4H,(H,10,11)(H,13,14). The van der Waals surface area contributed by atoms with Crippen molar-refractivity contribution in [3.8, 4) is 11.5 Å². The van der Waals surface area contributed by atoms with Crippen molar-refractivity contribution in [2.24, 2.45) is 0 Å². The maximum atomic E-state index is 11.4. The van der Waals surface area contributed by atoms with Crippen LogP contribution in [-0.4, -0.2) is 20.4 Å². The van der Waals surface area contributed by atoms with Gasteiger partial charge in [-0.2, -0.15) is 10.2 Å². The van der Waals surface area contributed by atoms with Gasteiger partial charge in [0, 0.05) is 0 Å². The maximum Gasteiger partial charge on any atom is 0.275 e. The Hall–Kier alpha value is -2.37. The normalized spacial score (nSPS) is 10.9. The number of fused-ring (bicyclic) bond motifs is 1. The van der Waals surface area contributed by atoms with Crippen LogP contribution in [-0.2, 0) is 0 Å². The molecule has 0 spiro atoms. The van der Waals surface area contributed by atoms with Gasteiger partial charge in [-0.25, -0.2) is 5.10 Å². The predicted octanol–water partition coefficient (Wildman–Crippen LogP) is 0.906. The van der Waals surface area contributed by atoms with Gasteiger partial charge in [0.2, 0.25) is 0 Å². The number of H-pyrrole nitrogens is 2. The van der Waals surface area contributed by atoms with Crippen molar-refractivity contribution in [3.63, 3.8) is 0 Å². The van der Waals surface area contributed by atoms with Crippen molar-refractivity contribution in [2.45, 2.75) is 0 Å². The van der Waals surface area contributed by atoms with Crippen molar-refractivity contribution < 1.29 is 4.42 Å². The van der Waals surface area contributed by atoms with Gasteiger partial charge >= 0.3 is 0 Å². The Balaban J connectivity index is 2.42. The quantitative estimate of drug-likeness (QED) is 0.613. The first kappa shape index (κ1) is 7.98. The summed E-state index contributed by atoms with van der Waals surface area (Å²) in [5, 5.41) is 13.3. The predicted molar refractivity (Wildman–Crippen MR) is 52.2 cm³/mol. The van der Waals surface area contributed by atoms with E-state index in [1.165, 1.54) is 6.20 Å². The smallest absolute Gasteiger partial charge is 0.275 e. The van der Waals surface area contributed by atoms with E-state index in [1.807, 2.05) is 0 Å². The molecule has 0 aliphatic heterocycles. The summed E-state index contributed by atoms with van der Waals surface area (Å²) >= 11 is 0. The van der Waals surface area contributed by atoms with Crippen LogP contribution in [0.15, 0.2) is 33.8 Å². The number of rotatable bonds is 1. The van der Waals surface area contributed by atoms with Crippen molar-refractivity contribution >= 4 is 10.9 Å². The highest BCUT2D eigenvalue weighted by Gasteiger charge is 2.11. The molecule has 2 N–H and O–H groups in total. The van der Waals surface area contributed by atoms with Gasteiger partial charge in [-0.05, 0) is 12.1 Å². The lowest BCUT2D eigenvalue weighted by Gasteiger charge is -1.95. The SMILES string of the molecule is O=c1[nH]nc(-c2ccco2)c2[nH]ncc12. The van der Waals surface area contributed by atoms with Crippen LogP contribution in [0.3, 0.4) is 0 Å². The van der Waals surface area contributed by atoms with Crippen molar-refractivity contribution in [2.75, 3.05) is 0 Å². The average molecular weight is 202 g/mol. The summed E-state index contributed by atoms with van der Waals surface area (Å²) in [6, 6.07) is 3.52. The van der Waals surface area contributed by atoms with E-state index in [2.05, 4.69) is 20.4 Å². The van der Waals surface area contributed by atoms with E-state index >= 15 is 0 Å². The number of nitrogens with one attached hydrogen (secondary N) is 2. The van der Waals surface area contributed by atoms with E-state index < -0.39 is 0 Å². The van der Waals surface area contributed by atoms with Crippen LogP contribution in [0.25, 0.3) is 22.4 Å². The minimum Gasteiger partial charge on any atom is -0.463 e. The minimum atomic E-state index is -0.269. The van der Waals surface area contributed by atoms with Crippen LogP contribution in [0, 0.1) is 0 Å². The molecule has 3 rings (SSSR count). The third-order valence-electron chi connectivity index (χ3n) is 2.14. The first-order valence-electron chi connectivity index (χ1n) is 4.32. The van der Waals surface area contributed by atoms with Gasteiger partial charge in [0.15, 0.2) is 11.5 Å². The molecule has 0 aliphatic carbocycles. The van der Waals surface area contributed by atoms with E-state index in [0.717, 1.165) is 0 Å². The van der Waals surface area contributed by atoms with E-state index in [1.54, 1.807) is 18.4 Å². The summed E-state index contributed by atoms with van der Waals surface area (Å²) in [6.07, 6.45) is 3.01. The second kappa shape index (κ2) is 2.81. The Morgan fingerprint density at radius 3 is 3.07 bits per heavy atom. The van der Waals surface area contributed by atoms with Gasteiger partial charge < -0.3 is 4.42 Å². The van der Waals surface area contributed by atoms with E-state index in [4.69, 9.17) is 4.42 Å². The van der Waals surface area contributed by atoms with Gasteiger partial charge in [-0.3, -0.25) is 9.89 Å². The number of furan rings is 1. The van der Waals surface area contributed by atoms with Crippen LogP contribution in [0.4, 0.5) is 0 Å². The molecule has 74 valence electrons. The summed E-state index contributed by atoms with van der Waals surface area (Å²) < 4.78 is 5.20. The van der Waals surface area contributed by atoms with E-state index in [-0.39, 0.29) is 5.56 Å². The molecule has 3 heterocycles. The molecule has 0 saturated heterocycles. The maximum absolute atomic E-state index is 11.4. The van der Waals surface area contributed by atoms with Crippen LogP contribution >= 0.6 is 0 Å². The largest absolute Gasteiger partial charge is 0.463 e. The lowest BCUT2D eigenvalue weighted by Crippen LogP contribution is -2.08. The van der Waals surface area contributed by atoms with Gasteiger partial charge in [0.25, 0.3) is 5.56 Å². The number of aromatic nitrogens is 4. The van der Waals surface area contributed by atoms with Gasteiger partial charge in [-0.1, -0.05) is 0 Å². The summed E-state index contributed by atoms with van der Waals surface area (Å²) in [5.41, 5.74) is 0.856. The first-order valence-corrected chi connectivity index (χ1v) is 4.32. The summed E-state index contributed by atoms with van der Waals surface area (Å²) in [5.74, 6) is 0.584. The van der Waals surface area contributed by atoms with E-state index in [9.17, 15) is 4.79 Å². The summed E-state index contributed by atoms with van der Waals surface area (Å²) in [4.78, 5) is 11.4. The average Bonchev–Trinajstić information content (AvgIpc) is 2.88. The fraction of sp³-hybridized carbons (Fsp3) is 0. The van der Waals surface area contributed by atoms with Crippen molar-refractivity contribution in [3.05, 3.63) is 34.9 Å². The number of aromatic amines is 2. The highest BCUT2D eigenvalue weighted by atomic mass is 16.3. The molecule has 0 atom stereocenters. The van der Waals surface area contributed by atoms with Gasteiger partial charge in [-0.15, -0.1) is 0 Å². The third-order valence-corrected chi connectivity index (χ3v) is 2.14. The summed E-state index contributed by atoms with van der Waals surface area (Å²) in [6.45, 7) is 0. The van der Waals surface area contributed by atoms with Crippen LogP contribution in [0.1, 0.15) is 0 Å². The van der Waals surface area contributed by atoms with Crippen LogP contribution in [0.2, 0.25) is 0 Å². The second-order valence-corrected chi connectivity index (χ2v) is 3.04. The minimum absolute atomic E-state index is 0.269. The Labute approximate surface area is 82.9 Å². The van der Waals surface area contributed by atoms with Gasteiger partial charge in [0.05, 0.1) is 17.8 Å². The zero-order valence-electron chi connectivity index (χ0n) is 7.52. The first-order chi connectivity index (χ1) is 7.36. The topological polar surface area (TPSA) is 87.6 Å². The molecule has 3 aromatic rings. The van der Waals surface area contributed by atoms with Crippen molar-refractivity contribution in [1.82, 2.24) is 20.4 Å². The highest BCUT2D eigenvalue weighted by Crippen LogP contribution is 2.21. The molecule has 6 heteroatoms. The molecular formula is C9H6N4O2. The lowest BCUT2D eigenvalue weighted by molar-refractivity contribution is 0.579. The number of hydrogen-bond donors (Lipinski definition) is 2. The fourth-order valence-electron chi connectivity index (χ4n) is 1.45. The van der Waals surface area contributed by atoms with Crippen LogP contribution in [0.5, 0.6) is 0 Å². The zero-order chi connectivity index (χ0) is 10.3. The molecule has 0 fully saturated rings. The highest BCUT2D eigenvalue weighted by molar-refractivity contribution is 5.88. The fourth-order valence-corrected chi connectivity index (χ4v) is 1.45. The monoisotopic (exact) mass is 202 g/mol. The second-order valence-electron chi connectivity index (χ2n) is 3.04. The lowest BCUT2D eigenvalue weighted by atomic mass is 10.2. The molecule has 3 aromatic heterocycles. The number of hydrogen-bond acceptors (Lipinski definition) is 4. The molecule has 0 unspecified atom stereocenters. The molecule has 6 nitrogen and oxygen atoms in total. The zero-order valence-corrected chi connectivity index (χ0v) is 7.52. The molecule has 0 bridgehead atoms. The molecule has 0 aliphatic rings. The summed E-state index contributed by atoms with van der Waals surface area (Å²) in [7, 11) is 0. The Morgan fingerprint density at radius 2 is 2.27 bits per heavy atom. The van der Waals surface area contributed by atoms with Gasteiger partial charge in [0.1, 0.15) is 5.52 Å². The number of nitrogens with zero attached hydrogens (tertiary/aromatic N) is 2. The Kier molecular flexibility index (Phi) is 1.49. The third kappa shape index (κ3) is 1.08. The van der Waals surface area contributed by atoms with E-state index in [0.29, 0.717) is 22.4 Å². The Morgan fingerprint density at radius 1 is 1.33 bits per heavy atom.